The zero-order valence-corrected chi connectivity index (χ0v) is 17.6. The maximum absolute atomic E-state index is 12.7. The van der Waals surface area contributed by atoms with Crippen molar-refractivity contribution < 1.29 is 14.6 Å². The Morgan fingerprint density at radius 1 is 1.23 bits per heavy atom. The fourth-order valence-corrected chi connectivity index (χ4v) is 4.08. The molecule has 0 unspecified atom stereocenters. The second-order valence-electron chi connectivity index (χ2n) is 8.77. The molecule has 2 aromatic rings. The van der Waals surface area contributed by atoms with Crippen molar-refractivity contribution >= 4 is 11.7 Å². The van der Waals surface area contributed by atoms with Gasteiger partial charge in [0.1, 0.15) is 17.3 Å². The minimum Gasteiger partial charge on any atom is -0.390 e. The maximum Gasteiger partial charge on any atom is 0.270 e. The predicted octanol–water partition coefficient (Wildman–Crippen LogP) is 1.31. The molecule has 8 nitrogen and oxygen atoms in total. The van der Waals surface area contributed by atoms with Crippen LogP contribution in [0.5, 0.6) is 0 Å². The van der Waals surface area contributed by atoms with Crippen LogP contribution in [0, 0.1) is 0 Å². The van der Waals surface area contributed by atoms with Gasteiger partial charge in [0.05, 0.1) is 25.4 Å². The van der Waals surface area contributed by atoms with E-state index in [0.29, 0.717) is 37.2 Å². The number of carbonyl (C=O) groups excluding carboxylic acids is 1. The van der Waals surface area contributed by atoms with Gasteiger partial charge in [0.25, 0.3) is 5.91 Å². The third-order valence-electron chi connectivity index (χ3n) is 6.09. The first kappa shape index (κ1) is 20.4. The molecule has 1 saturated heterocycles. The SMILES string of the molecule is O=C(NC[C@H](O)CN1CCc2ccccc2C1)c1cc(NC2COC2)nc(C2CC2)n1. The standard InChI is InChI=1S/C23H29N5O3/c29-19(12-28-8-7-15-3-1-2-4-17(15)11-28)10-24-23(30)20-9-21(25-18-13-31-14-18)27-22(26-20)16-5-6-16/h1-4,9,16,18-19,29H,5-8,10-14H2,(H,24,30)(H,25,26,27)/t19-/m0/s1. The van der Waals surface area contributed by atoms with E-state index in [4.69, 9.17) is 4.74 Å². The van der Waals surface area contributed by atoms with E-state index in [2.05, 4.69) is 49.8 Å². The van der Waals surface area contributed by atoms with Crippen LogP contribution in [0.1, 0.15) is 46.2 Å². The summed E-state index contributed by atoms with van der Waals surface area (Å²) in [5, 5.41) is 16.7. The Hall–Kier alpha value is -2.55. The van der Waals surface area contributed by atoms with Gasteiger partial charge in [0, 0.05) is 38.2 Å². The molecule has 5 rings (SSSR count). The van der Waals surface area contributed by atoms with Crippen LogP contribution in [-0.2, 0) is 17.7 Å². The molecule has 3 heterocycles. The first-order valence-corrected chi connectivity index (χ1v) is 11.1. The number of fused-ring (bicyclic) bond motifs is 1. The number of aromatic nitrogens is 2. The molecule has 1 aromatic heterocycles. The van der Waals surface area contributed by atoms with Gasteiger partial charge in [0.2, 0.25) is 0 Å². The third kappa shape index (κ3) is 5.03. The number of amides is 1. The highest BCUT2D eigenvalue weighted by Crippen LogP contribution is 2.38. The lowest BCUT2D eigenvalue weighted by molar-refractivity contribution is 0.0209. The summed E-state index contributed by atoms with van der Waals surface area (Å²) in [5.41, 5.74) is 3.05. The Labute approximate surface area is 182 Å². The minimum atomic E-state index is -0.635. The summed E-state index contributed by atoms with van der Waals surface area (Å²) in [5.74, 6) is 1.46. The number of aliphatic hydroxyl groups is 1. The molecule has 0 spiro atoms. The van der Waals surface area contributed by atoms with Crippen molar-refractivity contribution in [2.75, 3.05) is 38.2 Å². The molecular weight excluding hydrogens is 394 g/mol. The van der Waals surface area contributed by atoms with E-state index in [-0.39, 0.29) is 18.5 Å². The van der Waals surface area contributed by atoms with E-state index in [1.165, 1.54) is 11.1 Å². The van der Waals surface area contributed by atoms with Gasteiger partial charge < -0.3 is 20.5 Å². The molecule has 1 atom stereocenters. The number of nitrogens with one attached hydrogen (secondary N) is 2. The number of anilines is 1. The third-order valence-corrected chi connectivity index (χ3v) is 6.09. The smallest absolute Gasteiger partial charge is 0.270 e. The van der Waals surface area contributed by atoms with Crippen molar-refractivity contribution in [3.63, 3.8) is 0 Å². The molecule has 0 bridgehead atoms. The fourth-order valence-electron chi connectivity index (χ4n) is 4.08. The summed E-state index contributed by atoms with van der Waals surface area (Å²) in [6, 6.07) is 10.4. The van der Waals surface area contributed by atoms with E-state index in [9.17, 15) is 9.90 Å². The molecule has 2 aliphatic heterocycles. The van der Waals surface area contributed by atoms with Gasteiger partial charge in [-0.25, -0.2) is 9.97 Å². The highest BCUT2D eigenvalue weighted by molar-refractivity contribution is 5.93. The van der Waals surface area contributed by atoms with Gasteiger partial charge >= 0.3 is 0 Å². The van der Waals surface area contributed by atoms with E-state index < -0.39 is 6.10 Å². The van der Waals surface area contributed by atoms with E-state index in [1.807, 2.05) is 0 Å². The zero-order chi connectivity index (χ0) is 21.2. The van der Waals surface area contributed by atoms with Crippen molar-refractivity contribution in [3.05, 3.63) is 53.0 Å². The number of hydrogen-bond donors (Lipinski definition) is 3. The molecule has 1 amide bonds. The van der Waals surface area contributed by atoms with Crippen LogP contribution in [0.25, 0.3) is 0 Å². The van der Waals surface area contributed by atoms with Gasteiger partial charge in [-0.15, -0.1) is 0 Å². The summed E-state index contributed by atoms with van der Waals surface area (Å²) in [4.78, 5) is 24.0. The van der Waals surface area contributed by atoms with Gasteiger partial charge in [-0.05, 0) is 30.4 Å². The van der Waals surface area contributed by atoms with Crippen LogP contribution < -0.4 is 10.6 Å². The lowest BCUT2D eigenvalue weighted by Crippen LogP contribution is -2.42. The normalized spacial score (nSPS) is 19.9. The predicted molar refractivity (Wildman–Crippen MR) is 116 cm³/mol. The second-order valence-corrected chi connectivity index (χ2v) is 8.77. The van der Waals surface area contributed by atoms with Crippen molar-refractivity contribution in [1.82, 2.24) is 20.2 Å². The van der Waals surface area contributed by atoms with Gasteiger partial charge in [-0.3, -0.25) is 9.69 Å². The monoisotopic (exact) mass is 423 g/mol. The second kappa shape index (κ2) is 8.90. The molecule has 31 heavy (non-hydrogen) atoms. The van der Waals surface area contributed by atoms with Crippen molar-refractivity contribution in [2.45, 2.75) is 43.9 Å². The average Bonchev–Trinajstić information content (AvgIpc) is 3.60. The fraction of sp³-hybridized carbons (Fsp3) is 0.522. The molecular formula is C23H29N5O3. The summed E-state index contributed by atoms with van der Waals surface area (Å²) in [7, 11) is 0. The van der Waals surface area contributed by atoms with Crippen LogP contribution in [0.15, 0.2) is 30.3 Å². The van der Waals surface area contributed by atoms with Gasteiger partial charge in [0.15, 0.2) is 0 Å². The van der Waals surface area contributed by atoms with E-state index in [1.54, 1.807) is 6.07 Å². The minimum absolute atomic E-state index is 0.193. The largest absolute Gasteiger partial charge is 0.390 e. The first-order chi connectivity index (χ1) is 15.1. The van der Waals surface area contributed by atoms with E-state index in [0.717, 1.165) is 38.2 Å². The topological polar surface area (TPSA) is 99.6 Å². The zero-order valence-electron chi connectivity index (χ0n) is 17.6. The Morgan fingerprint density at radius 2 is 2.03 bits per heavy atom. The number of hydrogen-bond acceptors (Lipinski definition) is 7. The lowest BCUT2D eigenvalue weighted by Gasteiger charge is -2.30. The summed E-state index contributed by atoms with van der Waals surface area (Å²) >= 11 is 0. The van der Waals surface area contributed by atoms with Crippen LogP contribution in [-0.4, -0.2) is 70.9 Å². The van der Waals surface area contributed by atoms with Crippen LogP contribution in [0.2, 0.25) is 0 Å². The molecule has 2 fully saturated rings. The highest BCUT2D eigenvalue weighted by Gasteiger charge is 2.29. The molecule has 8 heteroatoms. The van der Waals surface area contributed by atoms with Gasteiger partial charge in [-0.1, -0.05) is 24.3 Å². The maximum atomic E-state index is 12.7. The quantitative estimate of drug-likeness (QED) is 0.589. The van der Waals surface area contributed by atoms with Gasteiger partial charge in [-0.2, -0.15) is 0 Å². The Morgan fingerprint density at radius 3 is 2.77 bits per heavy atom. The Bertz CT molecular complexity index is 945. The summed E-state index contributed by atoms with van der Waals surface area (Å²) in [6.07, 6.45) is 2.48. The number of aliphatic hydroxyl groups excluding tert-OH is 1. The molecule has 1 aliphatic carbocycles. The Balaban J connectivity index is 1.16. The van der Waals surface area contributed by atoms with Crippen LogP contribution >= 0.6 is 0 Å². The van der Waals surface area contributed by atoms with Crippen LogP contribution in [0.4, 0.5) is 5.82 Å². The molecule has 164 valence electrons. The molecule has 1 saturated carbocycles. The molecule has 3 aliphatic rings. The Kier molecular flexibility index (Phi) is 5.85. The summed E-state index contributed by atoms with van der Waals surface area (Å²) < 4.78 is 5.20. The number of rotatable bonds is 8. The molecule has 1 aromatic carbocycles. The van der Waals surface area contributed by atoms with Crippen molar-refractivity contribution in [2.24, 2.45) is 0 Å². The number of carbonyl (C=O) groups is 1. The summed E-state index contributed by atoms with van der Waals surface area (Å²) in [6.45, 7) is 3.77. The molecule has 0 radical (unpaired) electrons. The first-order valence-electron chi connectivity index (χ1n) is 11.1. The highest BCUT2D eigenvalue weighted by atomic mass is 16.5. The number of benzene rings is 1. The average molecular weight is 424 g/mol. The number of β-amino-alcohol motifs (C(OH)–C–C–N with tert-alkyl or cyclic N) is 1. The van der Waals surface area contributed by atoms with E-state index >= 15 is 0 Å². The molecule has 3 N–H and O–H groups in total. The van der Waals surface area contributed by atoms with Crippen molar-refractivity contribution in [3.8, 4) is 0 Å². The number of ether oxygens (including phenoxy) is 1. The van der Waals surface area contributed by atoms with Crippen molar-refractivity contribution in [1.29, 1.82) is 0 Å². The van der Waals surface area contributed by atoms with Crippen LogP contribution in [0.3, 0.4) is 0 Å². The lowest BCUT2D eigenvalue weighted by atomic mass is 10.00. The number of nitrogens with zero attached hydrogens (tertiary/aromatic N) is 3.